The van der Waals surface area contributed by atoms with Crippen LogP contribution in [-0.4, -0.2) is 58.2 Å². The normalized spacial score (nSPS) is 22.7. The average molecular weight is 382 g/mol. The number of hydrogen-bond donors (Lipinski definition) is 2. The van der Waals surface area contributed by atoms with Gasteiger partial charge in [-0.2, -0.15) is 5.10 Å². The summed E-state index contributed by atoms with van der Waals surface area (Å²) in [5.41, 5.74) is 9.28. The van der Waals surface area contributed by atoms with Gasteiger partial charge >= 0.3 is 0 Å². The number of para-hydroxylation sites is 1. The second kappa shape index (κ2) is 7.73. The highest BCUT2D eigenvalue weighted by Gasteiger charge is 2.36. The highest BCUT2D eigenvalue weighted by Crippen LogP contribution is 2.18. The van der Waals surface area contributed by atoms with Gasteiger partial charge in [0.25, 0.3) is 0 Å². The first kappa shape index (κ1) is 18.6. The zero-order valence-corrected chi connectivity index (χ0v) is 16.3. The third-order valence-corrected chi connectivity index (χ3v) is 5.38. The number of hydrazine groups is 1. The van der Waals surface area contributed by atoms with E-state index >= 15 is 0 Å². The van der Waals surface area contributed by atoms with Gasteiger partial charge in [0.1, 0.15) is 12.6 Å². The second-order valence-electron chi connectivity index (χ2n) is 7.52. The maximum absolute atomic E-state index is 12.9. The number of rotatable bonds is 4. The van der Waals surface area contributed by atoms with Gasteiger partial charge in [-0.1, -0.05) is 18.2 Å². The number of amides is 2. The Bertz CT molecular complexity index is 865. The number of aromatic nitrogens is 2. The van der Waals surface area contributed by atoms with E-state index in [0.29, 0.717) is 26.1 Å². The van der Waals surface area contributed by atoms with E-state index in [9.17, 15) is 9.59 Å². The summed E-state index contributed by atoms with van der Waals surface area (Å²) in [5, 5.41) is 4.48. The van der Waals surface area contributed by atoms with Gasteiger partial charge in [0.05, 0.1) is 12.2 Å². The number of carbonyl (C=O) groups excluding carboxylic acids is 2. The number of carbonyl (C=O) groups is 2. The van der Waals surface area contributed by atoms with E-state index in [0.717, 1.165) is 17.1 Å². The number of aryl methyl sites for hydroxylation is 2. The molecule has 2 N–H and O–H groups in total. The number of nitrogens with zero attached hydrogens (tertiary/aromatic N) is 4. The first-order chi connectivity index (χ1) is 13.5. The molecule has 2 aliphatic heterocycles. The molecule has 1 aromatic heterocycles. The van der Waals surface area contributed by atoms with Crippen LogP contribution in [0.25, 0.3) is 0 Å². The van der Waals surface area contributed by atoms with Crippen LogP contribution >= 0.6 is 0 Å². The molecule has 0 radical (unpaired) electrons. The lowest BCUT2D eigenvalue weighted by atomic mass is 10.1. The van der Waals surface area contributed by atoms with Crippen LogP contribution in [0.1, 0.15) is 17.8 Å². The molecule has 0 bridgehead atoms. The molecule has 2 amide bonds. The van der Waals surface area contributed by atoms with E-state index in [1.54, 1.807) is 9.80 Å². The number of nitrogens with one attached hydrogen (secondary N) is 2. The topological polar surface area (TPSA) is 82.5 Å². The van der Waals surface area contributed by atoms with Crippen molar-refractivity contribution in [3.63, 3.8) is 0 Å². The van der Waals surface area contributed by atoms with Gasteiger partial charge in [-0.3, -0.25) is 19.7 Å². The van der Waals surface area contributed by atoms with Crippen LogP contribution in [-0.2, 0) is 16.1 Å². The van der Waals surface area contributed by atoms with Crippen LogP contribution in [0, 0.1) is 13.8 Å². The fraction of sp³-hybridized carbons (Fsp3) is 0.450. The van der Waals surface area contributed by atoms with E-state index in [-0.39, 0.29) is 30.4 Å². The van der Waals surface area contributed by atoms with E-state index in [2.05, 4.69) is 16.0 Å². The van der Waals surface area contributed by atoms with Crippen molar-refractivity contribution in [2.24, 2.45) is 0 Å². The lowest BCUT2D eigenvalue weighted by Gasteiger charge is -2.35. The summed E-state index contributed by atoms with van der Waals surface area (Å²) in [5.74, 6) is -0.0691. The quantitative estimate of drug-likeness (QED) is 0.810. The Morgan fingerprint density at radius 3 is 2.64 bits per heavy atom. The highest BCUT2D eigenvalue weighted by atomic mass is 16.2. The number of anilines is 1. The molecule has 0 aliphatic carbocycles. The zero-order valence-electron chi connectivity index (χ0n) is 16.3. The third kappa shape index (κ3) is 3.79. The molecule has 8 heteroatoms. The smallest absolute Gasteiger partial charge is 0.246 e. The lowest BCUT2D eigenvalue weighted by Crippen LogP contribution is -2.56. The van der Waals surface area contributed by atoms with Gasteiger partial charge in [-0.05, 0) is 38.5 Å². The highest BCUT2D eigenvalue weighted by molar-refractivity contribution is 5.98. The molecule has 1 aromatic carbocycles. The minimum absolute atomic E-state index is 0.0237. The number of benzene rings is 1. The van der Waals surface area contributed by atoms with E-state index < -0.39 is 0 Å². The fourth-order valence-electron chi connectivity index (χ4n) is 3.93. The van der Waals surface area contributed by atoms with Gasteiger partial charge in [-0.25, -0.2) is 5.43 Å². The molecule has 2 fully saturated rings. The molecule has 3 heterocycles. The van der Waals surface area contributed by atoms with Crippen LogP contribution in [0.15, 0.2) is 36.4 Å². The number of piperazine rings is 1. The maximum Gasteiger partial charge on any atom is 0.246 e. The van der Waals surface area contributed by atoms with Crippen LogP contribution in [0.2, 0.25) is 0 Å². The van der Waals surface area contributed by atoms with Crippen molar-refractivity contribution in [1.82, 2.24) is 25.5 Å². The maximum atomic E-state index is 12.9. The largest absolute Gasteiger partial charge is 0.330 e. The van der Waals surface area contributed by atoms with Gasteiger partial charge < -0.3 is 9.80 Å². The molecular formula is C20H26N6O2. The van der Waals surface area contributed by atoms with Crippen molar-refractivity contribution in [2.45, 2.75) is 38.9 Å². The summed E-state index contributed by atoms with van der Waals surface area (Å²) in [7, 11) is 0. The van der Waals surface area contributed by atoms with Crippen LogP contribution < -0.4 is 15.8 Å². The fourth-order valence-corrected chi connectivity index (χ4v) is 3.93. The summed E-state index contributed by atoms with van der Waals surface area (Å²) < 4.78 is 1.96. The molecule has 2 aromatic rings. The Morgan fingerprint density at radius 1 is 1.18 bits per heavy atom. The molecule has 8 nitrogen and oxygen atoms in total. The predicted molar refractivity (Wildman–Crippen MR) is 106 cm³/mol. The minimum atomic E-state index is -0.321. The second-order valence-corrected chi connectivity index (χ2v) is 7.52. The van der Waals surface area contributed by atoms with E-state index in [1.807, 2.05) is 54.9 Å². The molecule has 148 valence electrons. The van der Waals surface area contributed by atoms with Crippen LogP contribution in [0.3, 0.4) is 0 Å². The summed E-state index contributed by atoms with van der Waals surface area (Å²) in [6.07, 6.45) is 0.671. The van der Waals surface area contributed by atoms with Crippen molar-refractivity contribution < 1.29 is 9.59 Å². The summed E-state index contributed by atoms with van der Waals surface area (Å²) in [4.78, 5) is 28.8. The summed E-state index contributed by atoms with van der Waals surface area (Å²) in [6, 6.07) is 11.4. The van der Waals surface area contributed by atoms with Crippen LogP contribution in [0.5, 0.6) is 0 Å². The van der Waals surface area contributed by atoms with Crippen molar-refractivity contribution >= 4 is 17.5 Å². The molecule has 2 unspecified atom stereocenters. The van der Waals surface area contributed by atoms with Gasteiger partial charge in [0.2, 0.25) is 11.8 Å². The van der Waals surface area contributed by atoms with Crippen molar-refractivity contribution in [1.29, 1.82) is 0 Å². The third-order valence-electron chi connectivity index (χ3n) is 5.38. The molecule has 4 rings (SSSR count). The first-order valence-electron chi connectivity index (χ1n) is 9.67. The molecule has 2 aliphatic rings. The SMILES string of the molecule is Cc1cc(C)n(CC2CC(C(=O)N3CCN(c4ccccc4)C(=O)C3)NN2)n1. The minimum Gasteiger partial charge on any atom is -0.330 e. The Morgan fingerprint density at radius 2 is 1.96 bits per heavy atom. The lowest BCUT2D eigenvalue weighted by molar-refractivity contribution is -0.138. The van der Waals surface area contributed by atoms with Gasteiger partial charge in [-0.15, -0.1) is 0 Å². The zero-order chi connectivity index (χ0) is 19.7. The van der Waals surface area contributed by atoms with Crippen molar-refractivity contribution in [3.8, 4) is 0 Å². The molecular weight excluding hydrogens is 356 g/mol. The van der Waals surface area contributed by atoms with Crippen molar-refractivity contribution in [2.75, 3.05) is 24.5 Å². The summed E-state index contributed by atoms with van der Waals surface area (Å²) in [6.45, 7) is 5.89. The number of hydrogen-bond acceptors (Lipinski definition) is 5. The van der Waals surface area contributed by atoms with E-state index in [1.165, 1.54) is 0 Å². The van der Waals surface area contributed by atoms with Gasteiger partial charge in [0, 0.05) is 30.5 Å². The molecule has 0 saturated carbocycles. The Labute approximate surface area is 164 Å². The Kier molecular flexibility index (Phi) is 5.15. The Hall–Kier alpha value is -2.71. The van der Waals surface area contributed by atoms with Crippen molar-refractivity contribution in [3.05, 3.63) is 47.8 Å². The first-order valence-corrected chi connectivity index (χ1v) is 9.67. The summed E-state index contributed by atoms with van der Waals surface area (Å²) >= 11 is 0. The molecule has 28 heavy (non-hydrogen) atoms. The standard InChI is InChI=1S/C20H26N6O2/c1-14-10-15(2)26(23-14)12-16-11-18(22-21-16)20(28)24-8-9-25(19(27)13-24)17-6-4-3-5-7-17/h3-7,10,16,18,21-22H,8-9,11-13H2,1-2H3. The predicted octanol–water partition coefficient (Wildman–Crippen LogP) is 0.610. The molecule has 2 atom stereocenters. The van der Waals surface area contributed by atoms with Gasteiger partial charge in [0.15, 0.2) is 0 Å². The van der Waals surface area contributed by atoms with Crippen LogP contribution in [0.4, 0.5) is 5.69 Å². The molecule has 2 saturated heterocycles. The monoisotopic (exact) mass is 382 g/mol. The Balaban J connectivity index is 1.33. The van der Waals surface area contributed by atoms with E-state index in [4.69, 9.17) is 0 Å². The molecule has 0 spiro atoms. The average Bonchev–Trinajstić information content (AvgIpc) is 3.28.